The van der Waals surface area contributed by atoms with E-state index in [0.717, 1.165) is 19.0 Å². The number of nitro groups is 1. The number of rotatable bonds is 4. The lowest BCUT2D eigenvalue weighted by atomic mass is 10.0. The minimum Gasteiger partial charge on any atom is -0.380 e. The largest absolute Gasteiger partial charge is 0.380 e. The van der Waals surface area contributed by atoms with Gasteiger partial charge in [-0.15, -0.1) is 0 Å². The molecule has 0 bridgehead atoms. The molecule has 0 aliphatic carbocycles. The highest BCUT2D eigenvalue weighted by molar-refractivity contribution is 5.54. The molecule has 1 saturated heterocycles. The molecule has 1 aromatic heterocycles. The third kappa shape index (κ3) is 3.34. The molecule has 24 heavy (non-hydrogen) atoms. The van der Waals surface area contributed by atoms with Crippen molar-refractivity contribution in [1.29, 1.82) is 0 Å². The summed E-state index contributed by atoms with van der Waals surface area (Å²) in [4.78, 5) is 20.1. The second kappa shape index (κ2) is 6.65. The maximum Gasteiger partial charge on any atom is 0.329 e. The van der Waals surface area contributed by atoms with E-state index >= 15 is 0 Å². The number of nitrogens with two attached hydrogens (primary N) is 1. The molecular weight excluding hydrogens is 315 g/mol. The zero-order chi connectivity index (χ0) is 17.1. The topological polar surface area (TPSA) is 110 Å². The van der Waals surface area contributed by atoms with Gasteiger partial charge in [0.25, 0.3) is 0 Å². The van der Waals surface area contributed by atoms with Crippen molar-refractivity contribution in [3.8, 4) is 0 Å². The van der Waals surface area contributed by atoms with E-state index in [1.54, 1.807) is 18.2 Å². The molecular formula is C15H17FN6O2. The standard InChI is InChI=1S/C15H17FN6O2/c16-11-3-1-2-4-12(11)19-10-5-7-21(8-6-10)15-18-9-13(22(23)24)14(17)20-15/h1-4,9-10,19H,5-8H2,(H2,17,18,20). The maximum atomic E-state index is 13.7. The highest BCUT2D eigenvalue weighted by atomic mass is 19.1. The van der Waals surface area contributed by atoms with Gasteiger partial charge in [0.05, 0.1) is 10.6 Å². The van der Waals surface area contributed by atoms with E-state index < -0.39 is 4.92 Å². The van der Waals surface area contributed by atoms with Gasteiger partial charge in [-0.1, -0.05) is 12.1 Å². The number of hydrogen-bond acceptors (Lipinski definition) is 7. The average Bonchev–Trinajstić information content (AvgIpc) is 2.57. The first-order valence-corrected chi connectivity index (χ1v) is 7.57. The van der Waals surface area contributed by atoms with Crippen LogP contribution in [-0.4, -0.2) is 34.0 Å². The first kappa shape index (κ1) is 15.9. The van der Waals surface area contributed by atoms with Gasteiger partial charge in [-0.3, -0.25) is 10.1 Å². The molecule has 9 heteroatoms. The molecule has 3 N–H and O–H groups in total. The molecule has 0 saturated carbocycles. The molecule has 1 aromatic carbocycles. The fraction of sp³-hybridized carbons (Fsp3) is 0.333. The normalized spacial score (nSPS) is 15.3. The van der Waals surface area contributed by atoms with Gasteiger partial charge >= 0.3 is 5.69 Å². The van der Waals surface area contributed by atoms with Crippen LogP contribution in [0.1, 0.15) is 12.8 Å². The van der Waals surface area contributed by atoms with E-state index in [2.05, 4.69) is 15.3 Å². The van der Waals surface area contributed by atoms with Crippen LogP contribution in [0.3, 0.4) is 0 Å². The maximum absolute atomic E-state index is 13.7. The van der Waals surface area contributed by atoms with Crippen molar-refractivity contribution < 1.29 is 9.31 Å². The lowest BCUT2D eigenvalue weighted by Gasteiger charge is -2.32. The number of aromatic nitrogens is 2. The lowest BCUT2D eigenvalue weighted by molar-refractivity contribution is -0.384. The first-order valence-electron chi connectivity index (χ1n) is 7.57. The van der Waals surface area contributed by atoms with Gasteiger partial charge < -0.3 is 16.0 Å². The van der Waals surface area contributed by atoms with Crippen LogP contribution in [0.2, 0.25) is 0 Å². The molecule has 2 heterocycles. The van der Waals surface area contributed by atoms with E-state index in [4.69, 9.17) is 5.73 Å². The van der Waals surface area contributed by atoms with Gasteiger partial charge in [-0.25, -0.2) is 9.37 Å². The Kier molecular flexibility index (Phi) is 4.41. The molecule has 1 aliphatic rings. The van der Waals surface area contributed by atoms with Crippen molar-refractivity contribution in [1.82, 2.24) is 9.97 Å². The summed E-state index contributed by atoms with van der Waals surface area (Å²) in [7, 11) is 0. The van der Waals surface area contributed by atoms with Crippen LogP contribution in [0.4, 0.5) is 27.5 Å². The summed E-state index contributed by atoms with van der Waals surface area (Å²) in [5, 5.41) is 13.9. The Morgan fingerprint density at radius 1 is 1.33 bits per heavy atom. The fourth-order valence-corrected chi connectivity index (χ4v) is 2.69. The van der Waals surface area contributed by atoms with Gasteiger partial charge in [-0.2, -0.15) is 4.98 Å². The van der Waals surface area contributed by atoms with Crippen molar-refractivity contribution >= 4 is 23.1 Å². The third-order valence-electron chi connectivity index (χ3n) is 3.99. The van der Waals surface area contributed by atoms with Crippen LogP contribution >= 0.6 is 0 Å². The van der Waals surface area contributed by atoms with Gasteiger partial charge in [-0.05, 0) is 25.0 Å². The Balaban J connectivity index is 1.62. The number of nitrogens with one attached hydrogen (secondary N) is 1. The number of halogens is 1. The SMILES string of the molecule is Nc1nc(N2CCC(Nc3ccccc3F)CC2)ncc1[N+](=O)[O-]. The van der Waals surface area contributed by atoms with E-state index in [1.807, 2.05) is 4.90 Å². The molecule has 2 aromatic rings. The van der Waals surface area contributed by atoms with E-state index in [-0.39, 0.29) is 23.4 Å². The zero-order valence-corrected chi connectivity index (χ0v) is 12.9. The van der Waals surface area contributed by atoms with Crippen LogP contribution in [0.15, 0.2) is 30.5 Å². The van der Waals surface area contributed by atoms with Crippen molar-refractivity contribution in [3.05, 3.63) is 46.4 Å². The summed E-state index contributed by atoms with van der Waals surface area (Å²) in [6.07, 6.45) is 2.67. The van der Waals surface area contributed by atoms with Crippen molar-refractivity contribution in [2.75, 3.05) is 29.0 Å². The highest BCUT2D eigenvalue weighted by Gasteiger charge is 2.23. The van der Waals surface area contributed by atoms with Crippen LogP contribution in [0.5, 0.6) is 0 Å². The number of anilines is 3. The van der Waals surface area contributed by atoms with Crippen molar-refractivity contribution in [2.24, 2.45) is 0 Å². The molecule has 0 amide bonds. The smallest absolute Gasteiger partial charge is 0.329 e. The molecule has 3 rings (SSSR count). The molecule has 126 valence electrons. The van der Waals surface area contributed by atoms with Crippen LogP contribution in [-0.2, 0) is 0 Å². The van der Waals surface area contributed by atoms with Gasteiger partial charge in [0.1, 0.15) is 12.0 Å². The zero-order valence-electron chi connectivity index (χ0n) is 12.9. The van der Waals surface area contributed by atoms with Gasteiger partial charge in [0.2, 0.25) is 11.8 Å². The Morgan fingerprint density at radius 2 is 2.04 bits per heavy atom. The lowest BCUT2D eigenvalue weighted by Crippen LogP contribution is -2.40. The Labute approximate surface area is 137 Å². The second-order valence-electron chi connectivity index (χ2n) is 5.58. The van der Waals surface area contributed by atoms with Crippen molar-refractivity contribution in [2.45, 2.75) is 18.9 Å². The predicted octanol–water partition coefficient (Wildman–Crippen LogP) is 2.19. The number of piperidine rings is 1. The van der Waals surface area contributed by atoms with Crippen LogP contribution < -0.4 is 16.0 Å². The third-order valence-corrected chi connectivity index (χ3v) is 3.99. The second-order valence-corrected chi connectivity index (χ2v) is 5.58. The number of nitrogens with zero attached hydrogens (tertiary/aromatic N) is 4. The number of hydrogen-bond donors (Lipinski definition) is 2. The summed E-state index contributed by atoms with van der Waals surface area (Å²) < 4.78 is 13.7. The molecule has 0 unspecified atom stereocenters. The van der Waals surface area contributed by atoms with E-state index in [1.165, 1.54) is 6.07 Å². The summed E-state index contributed by atoms with van der Waals surface area (Å²) >= 11 is 0. The summed E-state index contributed by atoms with van der Waals surface area (Å²) in [6.45, 7) is 1.31. The molecule has 0 atom stereocenters. The Morgan fingerprint density at radius 3 is 2.67 bits per heavy atom. The van der Waals surface area contributed by atoms with E-state index in [0.29, 0.717) is 24.7 Å². The Hall–Kier alpha value is -2.97. The predicted molar refractivity (Wildman–Crippen MR) is 88.4 cm³/mol. The average molecular weight is 332 g/mol. The summed E-state index contributed by atoms with van der Waals surface area (Å²) in [5.41, 5.74) is 5.80. The van der Waals surface area contributed by atoms with Gasteiger partial charge in [0, 0.05) is 19.1 Å². The summed E-state index contributed by atoms with van der Waals surface area (Å²) in [5.74, 6) is -0.0366. The van der Waals surface area contributed by atoms with Crippen LogP contribution in [0, 0.1) is 15.9 Å². The minimum absolute atomic E-state index is 0.142. The molecule has 1 fully saturated rings. The number of nitrogen functional groups attached to an aromatic ring is 1. The fourth-order valence-electron chi connectivity index (χ4n) is 2.69. The first-order chi connectivity index (χ1) is 11.5. The highest BCUT2D eigenvalue weighted by Crippen LogP contribution is 2.24. The molecule has 1 aliphatic heterocycles. The number of benzene rings is 1. The van der Waals surface area contributed by atoms with Crippen LogP contribution in [0.25, 0.3) is 0 Å². The molecule has 0 spiro atoms. The minimum atomic E-state index is -0.607. The van der Waals surface area contributed by atoms with E-state index in [9.17, 15) is 14.5 Å². The summed E-state index contributed by atoms with van der Waals surface area (Å²) in [6, 6.07) is 6.72. The van der Waals surface area contributed by atoms with Crippen molar-refractivity contribution in [3.63, 3.8) is 0 Å². The van der Waals surface area contributed by atoms with Gasteiger partial charge in [0.15, 0.2) is 0 Å². The molecule has 0 radical (unpaired) electrons. The molecule has 8 nitrogen and oxygen atoms in total. The Bertz CT molecular complexity index is 748. The number of para-hydroxylation sites is 1. The quantitative estimate of drug-likeness (QED) is 0.652. The monoisotopic (exact) mass is 332 g/mol.